The molecule has 0 heterocycles. The second-order valence-corrected chi connectivity index (χ2v) is 4.51. The molecule has 0 radical (unpaired) electrons. The Bertz CT molecular complexity index is 107. The van der Waals surface area contributed by atoms with Crippen molar-refractivity contribution < 1.29 is 0 Å². The number of halogens is 2. The van der Waals surface area contributed by atoms with Gasteiger partial charge in [0.2, 0.25) is 0 Å². The van der Waals surface area contributed by atoms with Crippen LogP contribution in [-0.2, 0) is 0 Å². The van der Waals surface area contributed by atoms with Crippen molar-refractivity contribution in [3.8, 4) is 0 Å². The lowest BCUT2D eigenvalue weighted by Crippen LogP contribution is -2.29. The molecule has 0 aromatic heterocycles. The third-order valence-corrected chi connectivity index (χ3v) is 2.47. The van der Waals surface area contributed by atoms with Gasteiger partial charge in [-0.3, -0.25) is 0 Å². The first-order valence-electron chi connectivity index (χ1n) is 5.05. The van der Waals surface area contributed by atoms with Gasteiger partial charge < -0.3 is 4.90 Å². The number of hydrogen-bond acceptors (Lipinski definition) is 1. The van der Waals surface area contributed by atoms with Crippen LogP contribution < -0.4 is 0 Å². The van der Waals surface area contributed by atoms with Gasteiger partial charge in [-0.05, 0) is 31.8 Å². The van der Waals surface area contributed by atoms with E-state index in [2.05, 4.69) is 18.7 Å². The first-order valence-corrected chi connectivity index (χ1v) is 6.12. The van der Waals surface area contributed by atoms with Gasteiger partial charge in [0, 0.05) is 18.3 Å². The van der Waals surface area contributed by atoms with E-state index in [9.17, 15) is 0 Å². The summed E-state index contributed by atoms with van der Waals surface area (Å²) in [5.41, 5.74) is 0. The van der Waals surface area contributed by atoms with Crippen LogP contribution in [0.3, 0.4) is 0 Å². The highest BCUT2D eigenvalue weighted by Crippen LogP contribution is 2.03. The molecule has 0 aliphatic heterocycles. The van der Waals surface area contributed by atoms with Gasteiger partial charge in [0.25, 0.3) is 0 Å². The Balaban J connectivity index is 3.53. The molecule has 0 N–H and O–H groups in total. The standard InChI is InChI=1S/C10H21Cl2N/c1-10(2)4-8-13(9-6-12)7-3-5-11/h10H,3-9H2,1-2H3. The molecule has 0 unspecified atom stereocenters. The van der Waals surface area contributed by atoms with Crippen LogP contribution in [0.25, 0.3) is 0 Å². The number of hydrogen-bond donors (Lipinski definition) is 0. The van der Waals surface area contributed by atoms with Crippen molar-refractivity contribution in [2.24, 2.45) is 5.92 Å². The lowest BCUT2D eigenvalue weighted by Gasteiger charge is -2.21. The van der Waals surface area contributed by atoms with Gasteiger partial charge in [0.1, 0.15) is 0 Å². The lowest BCUT2D eigenvalue weighted by atomic mass is 10.1. The first kappa shape index (κ1) is 13.5. The Morgan fingerprint density at radius 3 is 2.15 bits per heavy atom. The Morgan fingerprint density at radius 1 is 1.00 bits per heavy atom. The van der Waals surface area contributed by atoms with Crippen molar-refractivity contribution in [1.82, 2.24) is 4.90 Å². The van der Waals surface area contributed by atoms with Gasteiger partial charge in [0.15, 0.2) is 0 Å². The molecule has 0 saturated carbocycles. The van der Waals surface area contributed by atoms with Crippen LogP contribution in [-0.4, -0.2) is 36.3 Å². The monoisotopic (exact) mass is 225 g/mol. The molecule has 0 amide bonds. The summed E-state index contributed by atoms with van der Waals surface area (Å²) < 4.78 is 0. The molecule has 0 bridgehead atoms. The summed E-state index contributed by atoms with van der Waals surface area (Å²) >= 11 is 11.4. The van der Waals surface area contributed by atoms with Gasteiger partial charge >= 0.3 is 0 Å². The fraction of sp³-hybridized carbons (Fsp3) is 1.00. The van der Waals surface area contributed by atoms with E-state index < -0.39 is 0 Å². The van der Waals surface area contributed by atoms with E-state index >= 15 is 0 Å². The van der Waals surface area contributed by atoms with Gasteiger partial charge in [0.05, 0.1) is 0 Å². The van der Waals surface area contributed by atoms with E-state index in [1.54, 1.807) is 0 Å². The Labute approximate surface area is 92.4 Å². The molecule has 0 aliphatic rings. The quantitative estimate of drug-likeness (QED) is 0.574. The lowest BCUT2D eigenvalue weighted by molar-refractivity contribution is 0.273. The molecule has 0 rings (SSSR count). The van der Waals surface area contributed by atoms with Gasteiger partial charge in [-0.1, -0.05) is 13.8 Å². The maximum atomic E-state index is 5.72. The Morgan fingerprint density at radius 2 is 1.69 bits per heavy atom. The third-order valence-electron chi connectivity index (χ3n) is 2.03. The number of alkyl halides is 2. The van der Waals surface area contributed by atoms with Gasteiger partial charge in [-0.25, -0.2) is 0 Å². The average molecular weight is 226 g/mol. The molecule has 0 atom stereocenters. The number of rotatable bonds is 8. The SMILES string of the molecule is CC(C)CCN(CCCl)CCCCl. The van der Waals surface area contributed by atoms with E-state index in [1.165, 1.54) is 6.42 Å². The van der Waals surface area contributed by atoms with Crippen LogP contribution in [0, 0.1) is 5.92 Å². The zero-order valence-corrected chi connectivity index (χ0v) is 10.2. The van der Waals surface area contributed by atoms with Gasteiger partial charge in [-0.2, -0.15) is 0 Å². The fourth-order valence-electron chi connectivity index (χ4n) is 1.18. The maximum Gasteiger partial charge on any atom is 0.0351 e. The molecular formula is C10H21Cl2N. The molecular weight excluding hydrogens is 205 g/mol. The van der Waals surface area contributed by atoms with Crippen LogP contribution in [0.2, 0.25) is 0 Å². The molecule has 13 heavy (non-hydrogen) atoms. The van der Waals surface area contributed by atoms with Crippen molar-refractivity contribution in [1.29, 1.82) is 0 Å². The summed E-state index contributed by atoms with van der Waals surface area (Å²) in [5.74, 6) is 2.25. The van der Waals surface area contributed by atoms with E-state index in [-0.39, 0.29) is 0 Å². The average Bonchev–Trinajstić information content (AvgIpc) is 2.09. The Hall–Kier alpha value is 0.540. The molecule has 0 spiro atoms. The molecule has 80 valence electrons. The minimum absolute atomic E-state index is 0.723. The first-order chi connectivity index (χ1) is 6.20. The zero-order chi connectivity index (χ0) is 10.1. The summed E-state index contributed by atoms with van der Waals surface area (Å²) in [6.45, 7) is 7.73. The normalized spacial score (nSPS) is 11.5. The van der Waals surface area contributed by atoms with Crippen molar-refractivity contribution in [3.63, 3.8) is 0 Å². The molecule has 0 saturated heterocycles. The molecule has 0 aromatic carbocycles. The second-order valence-electron chi connectivity index (χ2n) is 3.76. The second kappa shape index (κ2) is 9.11. The summed E-state index contributed by atoms with van der Waals surface area (Å²) in [5, 5.41) is 0. The highest BCUT2D eigenvalue weighted by Gasteiger charge is 2.04. The smallest absolute Gasteiger partial charge is 0.0351 e. The van der Waals surface area contributed by atoms with Crippen LogP contribution in [0.4, 0.5) is 0 Å². The van der Waals surface area contributed by atoms with Crippen LogP contribution >= 0.6 is 23.2 Å². The summed E-state index contributed by atoms with van der Waals surface area (Å²) in [4.78, 5) is 2.40. The minimum Gasteiger partial charge on any atom is -0.302 e. The predicted octanol–water partition coefficient (Wildman–Crippen LogP) is 3.20. The van der Waals surface area contributed by atoms with Crippen molar-refractivity contribution in [2.45, 2.75) is 26.7 Å². The van der Waals surface area contributed by atoms with E-state index in [0.29, 0.717) is 0 Å². The molecule has 0 aliphatic carbocycles. The Kier molecular flexibility index (Phi) is 9.49. The zero-order valence-electron chi connectivity index (χ0n) is 8.73. The van der Waals surface area contributed by atoms with Crippen LogP contribution in [0.1, 0.15) is 26.7 Å². The van der Waals surface area contributed by atoms with Crippen molar-refractivity contribution in [3.05, 3.63) is 0 Å². The molecule has 1 nitrogen and oxygen atoms in total. The highest BCUT2D eigenvalue weighted by molar-refractivity contribution is 6.18. The van der Waals surface area contributed by atoms with Gasteiger partial charge in [-0.15, -0.1) is 23.2 Å². The van der Waals surface area contributed by atoms with E-state index in [1.807, 2.05) is 0 Å². The molecule has 0 fully saturated rings. The minimum atomic E-state index is 0.723. The number of nitrogens with zero attached hydrogens (tertiary/aromatic N) is 1. The largest absolute Gasteiger partial charge is 0.302 e. The summed E-state index contributed by atoms with van der Waals surface area (Å²) in [6.07, 6.45) is 2.32. The maximum absolute atomic E-state index is 5.72. The summed E-state index contributed by atoms with van der Waals surface area (Å²) in [6, 6.07) is 0. The van der Waals surface area contributed by atoms with Crippen LogP contribution in [0.15, 0.2) is 0 Å². The van der Waals surface area contributed by atoms with E-state index in [4.69, 9.17) is 23.2 Å². The fourth-order valence-corrected chi connectivity index (χ4v) is 1.54. The summed E-state index contributed by atoms with van der Waals surface area (Å²) in [7, 11) is 0. The highest BCUT2D eigenvalue weighted by atomic mass is 35.5. The third kappa shape index (κ3) is 8.86. The van der Waals surface area contributed by atoms with Crippen LogP contribution in [0.5, 0.6) is 0 Å². The van der Waals surface area contributed by atoms with Crippen molar-refractivity contribution >= 4 is 23.2 Å². The van der Waals surface area contributed by atoms with E-state index in [0.717, 1.165) is 43.7 Å². The van der Waals surface area contributed by atoms with Crippen molar-refractivity contribution in [2.75, 3.05) is 31.4 Å². The topological polar surface area (TPSA) is 3.24 Å². The molecule has 3 heteroatoms. The molecule has 0 aromatic rings. The predicted molar refractivity (Wildman–Crippen MR) is 62.0 cm³/mol.